The smallest absolute Gasteiger partial charge is 0.100 e. The van der Waals surface area contributed by atoms with Gasteiger partial charge in [-0.25, -0.2) is 0 Å². The highest BCUT2D eigenvalue weighted by Gasteiger charge is 2.16. The molecule has 0 aliphatic carbocycles. The topological polar surface area (TPSA) is 23.8 Å². The molecule has 1 aliphatic rings. The first-order valence-corrected chi connectivity index (χ1v) is 5.71. The summed E-state index contributed by atoms with van der Waals surface area (Å²) < 4.78 is 1.01. The Morgan fingerprint density at radius 1 is 1.00 bits per heavy atom. The van der Waals surface area contributed by atoms with Crippen molar-refractivity contribution in [3.8, 4) is 0 Å². The molecule has 1 heterocycles. The van der Waals surface area contributed by atoms with Gasteiger partial charge in [-0.2, -0.15) is 0 Å². The van der Waals surface area contributed by atoms with Gasteiger partial charge in [-0.1, -0.05) is 26.2 Å². The Morgan fingerprint density at radius 2 is 1.53 bits per heavy atom. The molecule has 0 aromatic carbocycles. The van der Waals surface area contributed by atoms with Gasteiger partial charge < -0.3 is 11.8 Å². The number of allylic oxidation sites excluding steroid dienone is 2. The summed E-state index contributed by atoms with van der Waals surface area (Å²) in [4.78, 5) is 0. The molecule has 0 fully saturated rings. The number of unbranched alkanes of at least 4 members (excludes halogenated alkanes) is 4. The molecule has 1 aliphatic heterocycles. The first-order chi connectivity index (χ1) is 7.27. The van der Waals surface area contributed by atoms with Crippen molar-refractivity contribution in [1.82, 2.24) is 0 Å². The van der Waals surface area contributed by atoms with Crippen LogP contribution in [0.1, 0.15) is 39.0 Å². The molecule has 0 radical (unpaired) electrons. The van der Waals surface area contributed by atoms with Crippen LogP contribution in [0.15, 0.2) is 24.6 Å². The SMILES string of the molecule is CCCCCCC[N+]1(C)C=CC=C1.[C-]#N. The van der Waals surface area contributed by atoms with Crippen molar-refractivity contribution < 1.29 is 4.48 Å². The third kappa shape index (κ3) is 6.09. The molecule has 0 saturated carbocycles. The Balaban J connectivity index is 0.000000921. The molecule has 0 bridgehead atoms. The molecule has 0 saturated heterocycles. The van der Waals surface area contributed by atoms with Gasteiger partial charge in [0.1, 0.15) is 12.4 Å². The minimum atomic E-state index is 1.01. The van der Waals surface area contributed by atoms with Crippen LogP contribution < -0.4 is 0 Å². The summed E-state index contributed by atoms with van der Waals surface area (Å²) in [7, 11) is 2.26. The second-order valence-electron chi connectivity index (χ2n) is 4.17. The average Bonchev–Trinajstić information content (AvgIpc) is 2.68. The Bertz CT molecular complexity index is 214. The monoisotopic (exact) mass is 206 g/mol. The number of hydrogen-bond donors (Lipinski definition) is 0. The van der Waals surface area contributed by atoms with Gasteiger partial charge >= 0.3 is 0 Å². The highest BCUT2D eigenvalue weighted by atomic mass is 15.3. The van der Waals surface area contributed by atoms with Crippen LogP contribution >= 0.6 is 0 Å². The zero-order valence-corrected chi connectivity index (χ0v) is 9.95. The standard InChI is InChI=1S/C12H22N.CN/c1-3-4-5-6-7-10-13(2)11-8-9-12-13;1-2/h8-9,11-12H,3-7,10H2,1-2H3;/q+1;-1. The van der Waals surface area contributed by atoms with Crippen LogP contribution in [0, 0.1) is 11.8 Å². The molecule has 1 rings (SSSR count). The van der Waals surface area contributed by atoms with Crippen molar-refractivity contribution in [2.24, 2.45) is 0 Å². The third-order valence-corrected chi connectivity index (χ3v) is 2.71. The molecule has 0 aromatic heterocycles. The molecule has 0 unspecified atom stereocenters. The van der Waals surface area contributed by atoms with Crippen molar-refractivity contribution in [3.63, 3.8) is 0 Å². The summed E-state index contributed by atoms with van der Waals surface area (Å²) in [6, 6.07) is 0. The van der Waals surface area contributed by atoms with E-state index in [0.29, 0.717) is 0 Å². The van der Waals surface area contributed by atoms with Crippen molar-refractivity contribution in [2.45, 2.75) is 39.0 Å². The van der Waals surface area contributed by atoms with E-state index in [9.17, 15) is 0 Å². The largest absolute Gasteiger partial charge is 0.512 e. The highest BCUT2D eigenvalue weighted by molar-refractivity contribution is 5.03. The van der Waals surface area contributed by atoms with Gasteiger partial charge in [0.05, 0.1) is 13.6 Å². The van der Waals surface area contributed by atoms with E-state index in [0.717, 1.165) is 4.48 Å². The van der Waals surface area contributed by atoms with Gasteiger partial charge in [0, 0.05) is 0 Å². The molecule has 2 heteroatoms. The lowest BCUT2D eigenvalue weighted by Gasteiger charge is -2.22. The summed E-state index contributed by atoms with van der Waals surface area (Å²) in [6.07, 6.45) is 15.7. The lowest BCUT2D eigenvalue weighted by molar-refractivity contribution is -0.804. The number of hydrogen-bond acceptors (Lipinski definition) is 1. The number of quaternary nitrogens is 1. The molecule has 0 aromatic rings. The van der Waals surface area contributed by atoms with Gasteiger partial charge in [-0.15, -0.1) is 0 Å². The maximum absolute atomic E-state index is 6.25. The van der Waals surface area contributed by atoms with Crippen LogP contribution in [-0.4, -0.2) is 18.1 Å². The third-order valence-electron chi connectivity index (χ3n) is 2.71. The Morgan fingerprint density at radius 3 is 2.07 bits per heavy atom. The van der Waals surface area contributed by atoms with Crippen LogP contribution in [-0.2, 0) is 0 Å². The molecule has 2 nitrogen and oxygen atoms in total. The van der Waals surface area contributed by atoms with Crippen molar-refractivity contribution in [2.75, 3.05) is 13.6 Å². The van der Waals surface area contributed by atoms with Gasteiger partial charge in [0.25, 0.3) is 0 Å². The molecule has 84 valence electrons. The first kappa shape index (κ1) is 13.9. The summed E-state index contributed by atoms with van der Waals surface area (Å²) in [5.74, 6) is 0. The van der Waals surface area contributed by atoms with Gasteiger partial charge in [0.2, 0.25) is 0 Å². The minimum Gasteiger partial charge on any atom is -0.512 e. The van der Waals surface area contributed by atoms with E-state index in [1.54, 1.807) is 0 Å². The quantitative estimate of drug-likeness (QED) is 0.370. The van der Waals surface area contributed by atoms with E-state index < -0.39 is 0 Å². The molecule has 0 atom stereocenters. The van der Waals surface area contributed by atoms with Gasteiger partial charge in [0.15, 0.2) is 0 Å². The predicted octanol–water partition coefficient (Wildman–Crippen LogP) is 3.54. The second-order valence-corrected chi connectivity index (χ2v) is 4.17. The second kappa shape index (κ2) is 8.26. The summed E-state index contributed by atoms with van der Waals surface area (Å²) in [5, 5.41) is 6.25. The van der Waals surface area contributed by atoms with Crippen LogP contribution in [0.25, 0.3) is 0 Å². The van der Waals surface area contributed by atoms with Crippen LogP contribution in [0.2, 0.25) is 0 Å². The molecule has 15 heavy (non-hydrogen) atoms. The molecule has 0 N–H and O–H groups in total. The zero-order valence-electron chi connectivity index (χ0n) is 9.95. The fraction of sp³-hybridized carbons (Fsp3) is 0.615. The minimum absolute atomic E-state index is 1.01. The van der Waals surface area contributed by atoms with E-state index >= 15 is 0 Å². The van der Waals surface area contributed by atoms with Gasteiger partial charge in [-0.05, 0) is 25.0 Å². The molecular weight excluding hydrogens is 184 g/mol. The van der Waals surface area contributed by atoms with E-state index in [1.165, 1.54) is 38.6 Å². The van der Waals surface area contributed by atoms with Crippen molar-refractivity contribution in [3.05, 3.63) is 31.1 Å². The fourth-order valence-electron chi connectivity index (χ4n) is 1.75. The Labute approximate surface area is 94.1 Å². The normalized spacial score (nSPS) is 16.0. The number of rotatable bonds is 6. The van der Waals surface area contributed by atoms with Crippen LogP contribution in [0.4, 0.5) is 0 Å². The van der Waals surface area contributed by atoms with Crippen molar-refractivity contribution in [1.29, 1.82) is 5.26 Å². The summed E-state index contributed by atoms with van der Waals surface area (Å²) >= 11 is 0. The van der Waals surface area contributed by atoms with E-state index in [4.69, 9.17) is 11.8 Å². The van der Waals surface area contributed by atoms with Gasteiger partial charge in [-0.3, -0.25) is 4.48 Å². The average molecular weight is 206 g/mol. The maximum Gasteiger partial charge on any atom is 0.100 e. The Hall–Kier alpha value is -1.07. The Kier molecular flexibility index (Phi) is 7.67. The zero-order chi connectivity index (χ0) is 11.6. The highest BCUT2D eigenvalue weighted by Crippen LogP contribution is 2.14. The van der Waals surface area contributed by atoms with Crippen LogP contribution in [0.3, 0.4) is 0 Å². The summed E-state index contributed by atoms with van der Waals surface area (Å²) in [5.41, 5.74) is 0. The molecular formula is C13H22N2. The van der Waals surface area contributed by atoms with Crippen LogP contribution in [0.5, 0.6) is 0 Å². The molecule has 0 spiro atoms. The van der Waals surface area contributed by atoms with E-state index in [1.807, 2.05) is 0 Å². The summed E-state index contributed by atoms with van der Waals surface area (Å²) in [6.45, 7) is 8.27. The predicted molar refractivity (Wildman–Crippen MR) is 63.1 cm³/mol. The van der Waals surface area contributed by atoms with E-state index in [2.05, 4.69) is 38.5 Å². The first-order valence-electron chi connectivity index (χ1n) is 5.71. The van der Waals surface area contributed by atoms with Crippen molar-refractivity contribution >= 4 is 0 Å². The lowest BCUT2D eigenvalue weighted by atomic mass is 10.1. The molecule has 0 amide bonds. The lowest BCUT2D eigenvalue weighted by Crippen LogP contribution is -2.31. The van der Waals surface area contributed by atoms with E-state index in [-0.39, 0.29) is 0 Å². The maximum atomic E-state index is 6.25. The number of nitrogens with zero attached hydrogens (tertiary/aromatic N) is 2. The fourth-order valence-corrected chi connectivity index (χ4v) is 1.75.